The van der Waals surface area contributed by atoms with Gasteiger partial charge in [-0.25, -0.2) is 14.8 Å². The Kier molecular flexibility index (Phi) is 4.60. The molecule has 2 aromatic heterocycles. The van der Waals surface area contributed by atoms with Crippen LogP contribution in [-0.2, 0) is 0 Å². The largest absolute Gasteiger partial charge is 0.463 e. The first-order valence-electron chi connectivity index (χ1n) is 8.24. The van der Waals surface area contributed by atoms with Crippen LogP contribution in [0, 0.1) is 6.92 Å². The summed E-state index contributed by atoms with van der Waals surface area (Å²) in [6.45, 7) is 1.88. The molecule has 2 aromatic carbocycles. The predicted octanol–water partition coefficient (Wildman–Crippen LogP) is 5.60. The van der Waals surface area contributed by atoms with Crippen molar-refractivity contribution in [2.45, 2.75) is 6.92 Å². The molecule has 4 aromatic rings. The lowest BCUT2D eigenvalue weighted by Gasteiger charge is -2.09. The van der Waals surface area contributed by atoms with Crippen LogP contribution in [0.2, 0.25) is 0 Å². The number of anilines is 2. The van der Waals surface area contributed by atoms with Crippen molar-refractivity contribution in [3.8, 4) is 11.5 Å². The molecule has 0 radical (unpaired) electrons. The molecular weight excluding hydrogens is 408 g/mol. The molecule has 0 aliphatic rings. The van der Waals surface area contributed by atoms with E-state index in [4.69, 9.17) is 4.42 Å². The minimum atomic E-state index is -0.325. The molecule has 6 nitrogen and oxygen atoms in total. The quantitative estimate of drug-likeness (QED) is 0.449. The first kappa shape index (κ1) is 17.2. The Morgan fingerprint density at radius 3 is 2.44 bits per heavy atom. The summed E-state index contributed by atoms with van der Waals surface area (Å²) in [7, 11) is 0. The standard InChI is InChI=1S/C20H15BrN4O2/c1-12-19(18-3-2-10-27-18)25-16-9-8-15(11-17(16)22-12)24-20(26)23-14-6-4-13(21)5-7-14/h2-11H,1H3,(H2,23,24,26). The second kappa shape index (κ2) is 7.20. The summed E-state index contributed by atoms with van der Waals surface area (Å²) in [5, 5.41) is 5.60. The van der Waals surface area contributed by atoms with Gasteiger partial charge in [-0.2, -0.15) is 0 Å². The van der Waals surface area contributed by atoms with Crippen LogP contribution in [-0.4, -0.2) is 16.0 Å². The fourth-order valence-electron chi connectivity index (χ4n) is 2.69. The van der Waals surface area contributed by atoms with Crippen LogP contribution in [0.3, 0.4) is 0 Å². The molecule has 27 heavy (non-hydrogen) atoms. The average molecular weight is 423 g/mol. The number of carbonyl (C=O) groups is 1. The molecule has 2 N–H and O–H groups in total. The molecule has 0 spiro atoms. The molecule has 2 heterocycles. The number of rotatable bonds is 3. The molecule has 0 fully saturated rings. The van der Waals surface area contributed by atoms with Gasteiger partial charge in [0, 0.05) is 15.8 Å². The number of halogens is 1. The normalized spacial score (nSPS) is 10.7. The molecule has 0 bridgehead atoms. The smallest absolute Gasteiger partial charge is 0.323 e. The van der Waals surface area contributed by atoms with Crippen molar-refractivity contribution in [3.05, 3.63) is 71.0 Å². The number of fused-ring (bicyclic) bond motifs is 1. The lowest BCUT2D eigenvalue weighted by molar-refractivity contribution is 0.262. The number of aryl methyl sites for hydroxylation is 1. The van der Waals surface area contributed by atoms with Crippen LogP contribution in [0.4, 0.5) is 16.2 Å². The van der Waals surface area contributed by atoms with E-state index in [0.717, 1.165) is 15.7 Å². The Hall–Kier alpha value is -3.19. The van der Waals surface area contributed by atoms with Gasteiger partial charge in [0.1, 0.15) is 5.69 Å². The first-order chi connectivity index (χ1) is 13.1. The Morgan fingerprint density at radius 2 is 1.70 bits per heavy atom. The highest BCUT2D eigenvalue weighted by Crippen LogP contribution is 2.25. The second-order valence-electron chi connectivity index (χ2n) is 5.92. The average Bonchev–Trinajstić information content (AvgIpc) is 3.17. The summed E-state index contributed by atoms with van der Waals surface area (Å²) >= 11 is 3.36. The number of amides is 2. The predicted molar refractivity (Wildman–Crippen MR) is 109 cm³/mol. The zero-order valence-corrected chi connectivity index (χ0v) is 15.9. The van der Waals surface area contributed by atoms with Crippen LogP contribution in [0.15, 0.2) is 69.8 Å². The Labute approximate surface area is 163 Å². The lowest BCUT2D eigenvalue weighted by Crippen LogP contribution is -2.19. The van der Waals surface area contributed by atoms with Gasteiger partial charge >= 0.3 is 6.03 Å². The van der Waals surface area contributed by atoms with Gasteiger partial charge in [-0.05, 0) is 61.5 Å². The summed E-state index contributed by atoms with van der Waals surface area (Å²) in [4.78, 5) is 21.4. The van der Waals surface area contributed by atoms with E-state index < -0.39 is 0 Å². The number of carbonyl (C=O) groups excluding carboxylic acids is 1. The fourth-order valence-corrected chi connectivity index (χ4v) is 2.96. The Morgan fingerprint density at radius 1 is 0.963 bits per heavy atom. The van der Waals surface area contributed by atoms with Crippen LogP contribution in [0.25, 0.3) is 22.5 Å². The molecule has 134 valence electrons. The molecule has 0 saturated carbocycles. The molecule has 0 saturated heterocycles. The first-order valence-corrected chi connectivity index (χ1v) is 9.04. The Bertz CT molecular complexity index is 1110. The van der Waals surface area contributed by atoms with Gasteiger partial charge < -0.3 is 15.1 Å². The van der Waals surface area contributed by atoms with Gasteiger partial charge in [-0.15, -0.1) is 0 Å². The number of hydrogen-bond acceptors (Lipinski definition) is 4. The van der Waals surface area contributed by atoms with Crippen molar-refractivity contribution in [3.63, 3.8) is 0 Å². The van der Waals surface area contributed by atoms with Crippen molar-refractivity contribution in [2.24, 2.45) is 0 Å². The zero-order valence-electron chi connectivity index (χ0n) is 14.4. The maximum absolute atomic E-state index is 12.2. The minimum Gasteiger partial charge on any atom is -0.463 e. The second-order valence-corrected chi connectivity index (χ2v) is 6.84. The van der Waals surface area contributed by atoms with Crippen LogP contribution in [0.5, 0.6) is 0 Å². The number of urea groups is 1. The number of aromatic nitrogens is 2. The van der Waals surface area contributed by atoms with E-state index in [-0.39, 0.29) is 6.03 Å². The monoisotopic (exact) mass is 422 g/mol. The zero-order chi connectivity index (χ0) is 18.8. The van der Waals surface area contributed by atoms with Crippen molar-refractivity contribution < 1.29 is 9.21 Å². The van der Waals surface area contributed by atoms with Gasteiger partial charge in [0.15, 0.2) is 5.76 Å². The van der Waals surface area contributed by atoms with Gasteiger partial charge in [-0.3, -0.25) is 0 Å². The van der Waals surface area contributed by atoms with Crippen LogP contribution in [0.1, 0.15) is 5.69 Å². The van der Waals surface area contributed by atoms with Crippen LogP contribution >= 0.6 is 15.9 Å². The van der Waals surface area contributed by atoms with Crippen molar-refractivity contribution in [1.29, 1.82) is 0 Å². The van der Waals surface area contributed by atoms with Crippen molar-refractivity contribution in [1.82, 2.24) is 9.97 Å². The molecule has 7 heteroatoms. The fraction of sp³-hybridized carbons (Fsp3) is 0.0500. The highest BCUT2D eigenvalue weighted by molar-refractivity contribution is 9.10. The van der Waals surface area contributed by atoms with E-state index in [2.05, 4.69) is 36.5 Å². The van der Waals surface area contributed by atoms with Crippen LogP contribution < -0.4 is 10.6 Å². The minimum absolute atomic E-state index is 0.325. The molecule has 2 amide bonds. The van der Waals surface area contributed by atoms with Crippen molar-refractivity contribution >= 4 is 44.4 Å². The van der Waals surface area contributed by atoms with E-state index in [9.17, 15) is 4.79 Å². The number of benzene rings is 2. The van der Waals surface area contributed by atoms with E-state index in [1.807, 2.05) is 49.4 Å². The highest BCUT2D eigenvalue weighted by Gasteiger charge is 2.11. The summed E-state index contributed by atoms with van der Waals surface area (Å²) in [6.07, 6.45) is 1.61. The third-order valence-corrected chi connectivity index (χ3v) is 4.48. The third kappa shape index (κ3) is 3.83. The number of furan rings is 1. The summed E-state index contributed by atoms with van der Waals surface area (Å²) in [5.41, 5.74) is 4.23. The molecule has 0 atom stereocenters. The molecule has 0 unspecified atom stereocenters. The van der Waals surface area contributed by atoms with Gasteiger partial charge in [0.25, 0.3) is 0 Å². The maximum Gasteiger partial charge on any atom is 0.323 e. The van der Waals surface area contributed by atoms with E-state index in [1.165, 1.54) is 0 Å². The summed E-state index contributed by atoms with van der Waals surface area (Å²) < 4.78 is 6.37. The van der Waals surface area contributed by atoms with Gasteiger partial charge in [0.05, 0.1) is 23.0 Å². The maximum atomic E-state index is 12.2. The molecular formula is C20H15BrN4O2. The summed E-state index contributed by atoms with van der Waals surface area (Å²) in [5.74, 6) is 0.679. The van der Waals surface area contributed by atoms with Gasteiger partial charge in [0.2, 0.25) is 0 Å². The molecule has 4 rings (SSSR count). The number of hydrogen-bond donors (Lipinski definition) is 2. The van der Waals surface area contributed by atoms with E-state index >= 15 is 0 Å². The molecule has 0 aliphatic carbocycles. The van der Waals surface area contributed by atoms with Crippen molar-refractivity contribution in [2.75, 3.05) is 10.6 Å². The number of nitrogens with zero attached hydrogens (tertiary/aromatic N) is 2. The lowest BCUT2D eigenvalue weighted by atomic mass is 10.2. The third-order valence-electron chi connectivity index (χ3n) is 3.95. The van der Waals surface area contributed by atoms with E-state index in [1.54, 1.807) is 18.4 Å². The Balaban J connectivity index is 1.55. The molecule has 0 aliphatic heterocycles. The van der Waals surface area contributed by atoms with E-state index in [0.29, 0.717) is 28.3 Å². The summed E-state index contributed by atoms with van der Waals surface area (Å²) in [6, 6.07) is 16.1. The topological polar surface area (TPSA) is 80.0 Å². The SMILES string of the molecule is Cc1nc2cc(NC(=O)Nc3ccc(Br)cc3)ccc2nc1-c1ccco1. The van der Waals surface area contributed by atoms with Gasteiger partial charge in [-0.1, -0.05) is 15.9 Å². The highest BCUT2D eigenvalue weighted by atomic mass is 79.9. The number of nitrogens with one attached hydrogen (secondary N) is 2.